The minimum Gasteiger partial charge on any atom is -0.228 e. The van der Waals surface area contributed by atoms with Crippen molar-refractivity contribution in [2.75, 3.05) is 0 Å². The van der Waals surface area contributed by atoms with Gasteiger partial charge in [-0.2, -0.15) is 0 Å². The van der Waals surface area contributed by atoms with Crippen LogP contribution in [0.3, 0.4) is 0 Å². The van der Waals surface area contributed by atoms with Crippen molar-refractivity contribution >= 4 is 53.9 Å². The lowest BCUT2D eigenvalue weighted by Gasteiger charge is -2.19. The Bertz CT molecular complexity index is 4040. The van der Waals surface area contributed by atoms with Crippen molar-refractivity contribution in [1.82, 2.24) is 9.97 Å². The average molecular weight is 863 g/mol. The van der Waals surface area contributed by atoms with Crippen molar-refractivity contribution < 1.29 is 0 Å². The third-order valence-electron chi connectivity index (χ3n) is 13.7. The summed E-state index contributed by atoms with van der Waals surface area (Å²) >= 11 is 0. The lowest BCUT2D eigenvalue weighted by molar-refractivity contribution is 1.18. The maximum absolute atomic E-state index is 5.17. The number of fused-ring (bicyclic) bond motifs is 6. The Morgan fingerprint density at radius 3 is 1.41 bits per heavy atom. The molecule has 2 nitrogen and oxygen atoms in total. The Morgan fingerprint density at radius 1 is 0.221 bits per heavy atom. The summed E-state index contributed by atoms with van der Waals surface area (Å²) in [5, 5.41) is 12.4. The number of benzene rings is 12. The summed E-state index contributed by atoms with van der Waals surface area (Å²) < 4.78 is 0. The summed E-state index contributed by atoms with van der Waals surface area (Å²) in [6, 6.07) is 92.0. The first-order valence-electron chi connectivity index (χ1n) is 23.3. The van der Waals surface area contributed by atoms with Crippen LogP contribution in [0.25, 0.3) is 132 Å². The van der Waals surface area contributed by atoms with Crippen molar-refractivity contribution in [1.29, 1.82) is 0 Å². The molecule has 1 heterocycles. The van der Waals surface area contributed by atoms with Crippen LogP contribution in [-0.2, 0) is 0 Å². The van der Waals surface area contributed by atoms with E-state index in [1.165, 1.54) is 93.0 Å². The zero-order valence-electron chi connectivity index (χ0n) is 37.1. The van der Waals surface area contributed by atoms with Gasteiger partial charge in [0.1, 0.15) is 0 Å². The SMILES string of the molecule is c1ccc(-c2nc(-c3ccc(-c4cccc5ccccc45)cc3)cc(-c3ccc4cc(-c5ccc(-c6c7ccccc7c(-c7ccccc7)c7ccc8ccccc8c67)cc5)ccc4c3)n2)cc1. The number of aromatic nitrogens is 2. The van der Waals surface area contributed by atoms with Crippen LogP contribution < -0.4 is 0 Å². The van der Waals surface area contributed by atoms with Crippen LogP contribution in [0.5, 0.6) is 0 Å². The van der Waals surface area contributed by atoms with Gasteiger partial charge in [-0.25, -0.2) is 9.97 Å². The lowest BCUT2D eigenvalue weighted by atomic mass is 9.84. The molecule has 0 bridgehead atoms. The van der Waals surface area contributed by atoms with Crippen LogP contribution in [0.2, 0.25) is 0 Å². The van der Waals surface area contributed by atoms with Gasteiger partial charge in [0.05, 0.1) is 11.4 Å². The zero-order chi connectivity index (χ0) is 45.0. The van der Waals surface area contributed by atoms with Crippen LogP contribution >= 0.6 is 0 Å². The van der Waals surface area contributed by atoms with E-state index in [1.54, 1.807) is 0 Å². The van der Waals surface area contributed by atoms with E-state index in [-0.39, 0.29) is 0 Å². The molecule has 0 spiro atoms. The van der Waals surface area contributed by atoms with Gasteiger partial charge < -0.3 is 0 Å². The van der Waals surface area contributed by atoms with Gasteiger partial charge in [-0.1, -0.05) is 237 Å². The monoisotopic (exact) mass is 862 g/mol. The van der Waals surface area contributed by atoms with E-state index in [1.807, 2.05) is 18.2 Å². The molecule has 1 aromatic heterocycles. The molecule has 0 atom stereocenters. The van der Waals surface area contributed by atoms with E-state index >= 15 is 0 Å². The molecule has 0 radical (unpaired) electrons. The highest BCUT2D eigenvalue weighted by Gasteiger charge is 2.19. The lowest BCUT2D eigenvalue weighted by Crippen LogP contribution is -1.96. The van der Waals surface area contributed by atoms with Crippen LogP contribution in [0.15, 0.2) is 255 Å². The van der Waals surface area contributed by atoms with Crippen molar-refractivity contribution in [2.24, 2.45) is 0 Å². The van der Waals surface area contributed by atoms with E-state index in [0.29, 0.717) is 5.82 Å². The maximum atomic E-state index is 5.17. The quantitative estimate of drug-likeness (QED) is 0.118. The highest BCUT2D eigenvalue weighted by Crippen LogP contribution is 2.46. The summed E-state index contributed by atoms with van der Waals surface area (Å²) in [7, 11) is 0. The van der Waals surface area contributed by atoms with Gasteiger partial charge in [-0.15, -0.1) is 0 Å². The number of hydrogen-bond donors (Lipinski definition) is 0. The van der Waals surface area contributed by atoms with Gasteiger partial charge >= 0.3 is 0 Å². The number of rotatable bonds is 7. The molecule has 0 amide bonds. The first-order valence-corrected chi connectivity index (χ1v) is 23.3. The Kier molecular flexibility index (Phi) is 9.54. The molecule has 0 fully saturated rings. The molecule has 0 saturated carbocycles. The second-order valence-corrected chi connectivity index (χ2v) is 17.7. The van der Waals surface area contributed by atoms with Crippen molar-refractivity contribution in [3.63, 3.8) is 0 Å². The van der Waals surface area contributed by atoms with Gasteiger partial charge in [0.25, 0.3) is 0 Å². The Morgan fingerprint density at radius 2 is 0.691 bits per heavy atom. The second-order valence-electron chi connectivity index (χ2n) is 17.7. The molecule has 12 aromatic carbocycles. The fourth-order valence-electron chi connectivity index (χ4n) is 10.3. The van der Waals surface area contributed by atoms with Gasteiger partial charge in [-0.3, -0.25) is 0 Å². The molecular formula is C66H42N2. The molecule has 0 aliphatic rings. The van der Waals surface area contributed by atoms with Gasteiger partial charge in [0.15, 0.2) is 5.82 Å². The minimum absolute atomic E-state index is 0.705. The molecule has 2 heteroatoms. The van der Waals surface area contributed by atoms with E-state index in [4.69, 9.17) is 9.97 Å². The molecule has 0 saturated heterocycles. The van der Waals surface area contributed by atoms with Crippen molar-refractivity contribution in [3.8, 4) is 78.4 Å². The molecule has 68 heavy (non-hydrogen) atoms. The first kappa shape index (κ1) is 39.4. The van der Waals surface area contributed by atoms with Crippen LogP contribution in [-0.4, -0.2) is 9.97 Å². The Hall–Kier alpha value is -8.98. The van der Waals surface area contributed by atoms with Crippen LogP contribution in [0.4, 0.5) is 0 Å². The number of hydrogen-bond acceptors (Lipinski definition) is 2. The maximum Gasteiger partial charge on any atom is 0.160 e. The predicted octanol–water partition coefficient (Wildman–Crippen LogP) is 17.9. The zero-order valence-corrected chi connectivity index (χ0v) is 37.1. The summed E-state index contributed by atoms with van der Waals surface area (Å²) in [5.74, 6) is 0.705. The topological polar surface area (TPSA) is 25.8 Å². The average Bonchev–Trinajstić information content (AvgIpc) is 3.42. The summed E-state index contributed by atoms with van der Waals surface area (Å²) in [4.78, 5) is 10.3. The summed E-state index contributed by atoms with van der Waals surface area (Å²) in [6.45, 7) is 0. The van der Waals surface area contributed by atoms with Gasteiger partial charge in [0, 0.05) is 16.7 Å². The molecule has 316 valence electrons. The highest BCUT2D eigenvalue weighted by atomic mass is 14.9. The smallest absolute Gasteiger partial charge is 0.160 e. The van der Waals surface area contributed by atoms with E-state index in [9.17, 15) is 0 Å². The fraction of sp³-hybridized carbons (Fsp3) is 0. The molecule has 0 aliphatic heterocycles. The van der Waals surface area contributed by atoms with E-state index < -0.39 is 0 Å². The van der Waals surface area contributed by atoms with Crippen LogP contribution in [0, 0.1) is 0 Å². The molecule has 0 aliphatic carbocycles. The summed E-state index contributed by atoms with van der Waals surface area (Å²) in [6.07, 6.45) is 0. The first-order chi connectivity index (χ1) is 33.7. The van der Waals surface area contributed by atoms with Crippen LogP contribution in [0.1, 0.15) is 0 Å². The standard InChI is InChI=1S/C66H42N2/c1-3-16-48(17-4-1)63-58-23-11-12-24-59(58)64(65-57-22-10-8-15-45(57)38-39-60(63)65)49-32-26-43(27-33-49)51-34-35-53-41-54(37-36-52(53)40-51)62-42-61(67-66(68-62)50-18-5-2-6-19-50)47-30-28-46(29-31-47)56-25-13-20-44-14-7-9-21-55(44)56/h1-42H. The van der Waals surface area contributed by atoms with Gasteiger partial charge in [-0.05, 0) is 117 Å². The van der Waals surface area contributed by atoms with Crippen molar-refractivity contribution in [3.05, 3.63) is 255 Å². The van der Waals surface area contributed by atoms with Gasteiger partial charge in [0.2, 0.25) is 0 Å². The Balaban J connectivity index is 0.862. The predicted molar refractivity (Wildman–Crippen MR) is 288 cm³/mol. The summed E-state index contributed by atoms with van der Waals surface area (Å²) in [5.41, 5.74) is 14.6. The molecule has 13 rings (SSSR count). The van der Waals surface area contributed by atoms with Crippen molar-refractivity contribution in [2.45, 2.75) is 0 Å². The fourth-order valence-corrected chi connectivity index (χ4v) is 10.3. The largest absolute Gasteiger partial charge is 0.228 e. The number of nitrogens with zero attached hydrogens (tertiary/aromatic N) is 2. The normalized spacial score (nSPS) is 11.5. The molecule has 13 aromatic rings. The third kappa shape index (κ3) is 6.90. The van der Waals surface area contributed by atoms with E-state index in [0.717, 1.165) is 33.5 Å². The Labute approximate surface area is 395 Å². The minimum atomic E-state index is 0.705. The molecular weight excluding hydrogens is 821 g/mol. The second kappa shape index (κ2) is 16.5. The highest BCUT2D eigenvalue weighted by molar-refractivity contribution is 6.28. The molecule has 0 N–H and O–H groups in total. The third-order valence-corrected chi connectivity index (χ3v) is 13.7. The molecule has 0 unspecified atom stereocenters. The van der Waals surface area contributed by atoms with E-state index in [2.05, 4.69) is 237 Å².